The lowest BCUT2D eigenvalue weighted by molar-refractivity contribution is -0.275. The fraction of sp³-hybridized carbons (Fsp3) is 0.600. The molecule has 0 saturated heterocycles. The fourth-order valence-corrected chi connectivity index (χ4v) is 2.94. The van der Waals surface area contributed by atoms with Crippen molar-refractivity contribution < 1.29 is 22.6 Å². The summed E-state index contributed by atoms with van der Waals surface area (Å²) in [5.74, 6) is -0.246. The molecule has 22 heavy (non-hydrogen) atoms. The molecule has 3 nitrogen and oxygen atoms in total. The van der Waals surface area contributed by atoms with Crippen LogP contribution in [0, 0.1) is 0 Å². The number of ether oxygens (including phenoxy) is 2. The molecule has 1 aromatic carbocycles. The second-order valence-electron chi connectivity index (χ2n) is 4.73. The number of halogens is 3. The second kappa shape index (κ2) is 9.15. The fourth-order valence-electron chi connectivity index (χ4n) is 1.85. The Morgan fingerprint density at radius 2 is 1.82 bits per heavy atom. The highest BCUT2D eigenvalue weighted by Crippen LogP contribution is 2.36. The van der Waals surface area contributed by atoms with Gasteiger partial charge >= 0.3 is 6.36 Å². The van der Waals surface area contributed by atoms with E-state index in [9.17, 15) is 13.2 Å². The van der Waals surface area contributed by atoms with E-state index in [1.807, 2.05) is 0 Å². The van der Waals surface area contributed by atoms with Gasteiger partial charge in [-0.25, -0.2) is 4.31 Å². The molecule has 1 rings (SSSR count). The zero-order valence-electron chi connectivity index (χ0n) is 13.1. The summed E-state index contributed by atoms with van der Waals surface area (Å²) in [5.41, 5.74) is 0. The van der Waals surface area contributed by atoms with Gasteiger partial charge in [0, 0.05) is 18.0 Å². The number of rotatable bonds is 9. The molecule has 0 aliphatic heterocycles. The summed E-state index contributed by atoms with van der Waals surface area (Å²) in [6.07, 6.45) is -1.62. The van der Waals surface area contributed by atoms with Crippen molar-refractivity contribution >= 4 is 11.9 Å². The first kappa shape index (κ1) is 19.0. The van der Waals surface area contributed by atoms with Crippen molar-refractivity contribution in [3.05, 3.63) is 18.2 Å². The van der Waals surface area contributed by atoms with Crippen LogP contribution in [-0.2, 0) is 0 Å². The van der Waals surface area contributed by atoms with E-state index in [0.29, 0.717) is 4.90 Å². The molecule has 0 aliphatic rings. The van der Waals surface area contributed by atoms with Crippen molar-refractivity contribution in [2.45, 2.75) is 44.4 Å². The third kappa shape index (κ3) is 6.79. The van der Waals surface area contributed by atoms with Crippen LogP contribution in [0.5, 0.6) is 11.5 Å². The van der Waals surface area contributed by atoms with Crippen molar-refractivity contribution in [3.8, 4) is 11.5 Å². The number of alkyl halides is 3. The average molecular weight is 337 g/mol. The molecule has 7 heteroatoms. The van der Waals surface area contributed by atoms with E-state index in [4.69, 9.17) is 4.74 Å². The molecule has 0 heterocycles. The molecular weight excluding hydrogens is 315 g/mol. The summed E-state index contributed by atoms with van der Waals surface area (Å²) >= 11 is 1.44. The first-order chi connectivity index (χ1) is 10.4. The Morgan fingerprint density at radius 1 is 1.09 bits per heavy atom. The van der Waals surface area contributed by atoms with E-state index >= 15 is 0 Å². The topological polar surface area (TPSA) is 21.7 Å². The van der Waals surface area contributed by atoms with Gasteiger partial charge in [0.15, 0.2) is 11.5 Å². The minimum Gasteiger partial charge on any atom is -0.493 e. The molecule has 0 atom stereocenters. The molecule has 0 N–H and O–H groups in total. The van der Waals surface area contributed by atoms with E-state index in [1.165, 1.54) is 31.2 Å². The van der Waals surface area contributed by atoms with Gasteiger partial charge in [-0.1, -0.05) is 20.3 Å². The molecule has 0 fully saturated rings. The van der Waals surface area contributed by atoms with Crippen LogP contribution in [-0.4, -0.2) is 30.9 Å². The monoisotopic (exact) mass is 337 g/mol. The SMILES string of the molecule is CCCCN(CCC)Sc1ccc(OC)c(OC(F)(F)F)c1. The number of methoxy groups -OCH3 is 1. The maximum absolute atomic E-state index is 12.4. The molecule has 0 unspecified atom stereocenters. The van der Waals surface area contributed by atoms with E-state index < -0.39 is 6.36 Å². The predicted octanol–water partition coefficient (Wildman–Crippen LogP) is 5.11. The Bertz CT molecular complexity index is 455. The molecule has 0 bridgehead atoms. The smallest absolute Gasteiger partial charge is 0.493 e. The first-order valence-corrected chi connectivity index (χ1v) is 8.03. The van der Waals surface area contributed by atoms with Crippen LogP contribution >= 0.6 is 11.9 Å². The number of nitrogens with zero attached hydrogens (tertiary/aromatic N) is 1. The Kier molecular flexibility index (Phi) is 7.89. The quantitative estimate of drug-likeness (QED) is 0.584. The molecule has 0 spiro atoms. The van der Waals surface area contributed by atoms with Crippen LogP contribution in [0.15, 0.2) is 23.1 Å². The molecule has 0 radical (unpaired) electrons. The highest BCUT2D eigenvalue weighted by molar-refractivity contribution is 7.97. The standard InChI is InChI=1S/C15H22F3NO2S/c1-4-6-10-19(9-5-2)22-12-7-8-13(20-3)14(11-12)21-15(16,17)18/h7-8,11H,4-6,9-10H2,1-3H3. The van der Waals surface area contributed by atoms with Crippen molar-refractivity contribution in [1.29, 1.82) is 0 Å². The lowest BCUT2D eigenvalue weighted by atomic mass is 10.3. The molecule has 0 amide bonds. The molecule has 0 saturated carbocycles. The number of unbranched alkanes of at least 4 members (excludes halogenated alkanes) is 1. The first-order valence-electron chi connectivity index (χ1n) is 7.26. The summed E-state index contributed by atoms with van der Waals surface area (Å²) in [6, 6.07) is 4.60. The van der Waals surface area contributed by atoms with Crippen LogP contribution < -0.4 is 9.47 Å². The van der Waals surface area contributed by atoms with Gasteiger partial charge in [0.1, 0.15) is 0 Å². The highest BCUT2D eigenvalue weighted by atomic mass is 32.2. The predicted molar refractivity (Wildman–Crippen MR) is 82.3 cm³/mol. The van der Waals surface area contributed by atoms with Crippen molar-refractivity contribution in [3.63, 3.8) is 0 Å². The lowest BCUT2D eigenvalue weighted by Gasteiger charge is -2.21. The average Bonchev–Trinajstić information content (AvgIpc) is 2.43. The van der Waals surface area contributed by atoms with Gasteiger partial charge in [-0.05, 0) is 43.0 Å². The number of benzene rings is 1. The van der Waals surface area contributed by atoms with Crippen LogP contribution in [0.4, 0.5) is 13.2 Å². The normalized spacial score (nSPS) is 11.8. The summed E-state index contributed by atoms with van der Waals surface area (Å²) in [4.78, 5) is 0.699. The maximum Gasteiger partial charge on any atom is 0.573 e. The maximum atomic E-state index is 12.4. The molecule has 0 aliphatic carbocycles. The van der Waals surface area contributed by atoms with Crippen LogP contribution in [0.25, 0.3) is 0 Å². The van der Waals surface area contributed by atoms with Crippen LogP contribution in [0.1, 0.15) is 33.1 Å². The Balaban J connectivity index is 2.87. The summed E-state index contributed by atoms with van der Waals surface area (Å²) in [5, 5.41) is 0. The Hall–Kier alpha value is -1.08. The van der Waals surface area contributed by atoms with E-state index in [-0.39, 0.29) is 11.5 Å². The second-order valence-corrected chi connectivity index (χ2v) is 5.90. The minimum atomic E-state index is -4.73. The highest BCUT2D eigenvalue weighted by Gasteiger charge is 2.32. The van der Waals surface area contributed by atoms with Gasteiger partial charge < -0.3 is 9.47 Å². The largest absolute Gasteiger partial charge is 0.573 e. The van der Waals surface area contributed by atoms with Gasteiger partial charge in [-0.15, -0.1) is 13.2 Å². The van der Waals surface area contributed by atoms with Gasteiger partial charge in [-0.3, -0.25) is 0 Å². The lowest BCUT2D eigenvalue weighted by Crippen LogP contribution is -2.19. The van der Waals surface area contributed by atoms with Gasteiger partial charge in [-0.2, -0.15) is 0 Å². The summed E-state index contributed by atoms with van der Waals surface area (Å²) in [7, 11) is 1.32. The van der Waals surface area contributed by atoms with Gasteiger partial charge in [0.05, 0.1) is 7.11 Å². The van der Waals surface area contributed by atoms with E-state index in [2.05, 4.69) is 22.9 Å². The van der Waals surface area contributed by atoms with Crippen molar-refractivity contribution in [2.75, 3.05) is 20.2 Å². The van der Waals surface area contributed by atoms with Crippen molar-refractivity contribution in [1.82, 2.24) is 4.31 Å². The number of hydrogen-bond acceptors (Lipinski definition) is 4. The zero-order chi connectivity index (χ0) is 16.6. The molecule has 1 aromatic rings. The molecule has 126 valence electrons. The zero-order valence-corrected chi connectivity index (χ0v) is 13.9. The van der Waals surface area contributed by atoms with E-state index in [1.54, 1.807) is 6.07 Å². The minimum absolute atomic E-state index is 0.0669. The van der Waals surface area contributed by atoms with Crippen molar-refractivity contribution in [2.24, 2.45) is 0 Å². The Morgan fingerprint density at radius 3 is 2.36 bits per heavy atom. The Labute approximate surface area is 133 Å². The molecule has 0 aromatic heterocycles. The van der Waals surface area contributed by atoms with E-state index in [0.717, 1.165) is 32.4 Å². The van der Waals surface area contributed by atoms with Gasteiger partial charge in [0.2, 0.25) is 0 Å². The van der Waals surface area contributed by atoms with Crippen LogP contribution in [0.2, 0.25) is 0 Å². The molecular formula is C15H22F3NO2S. The number of hydrogen-bond donors (Lipinski definition) is 0. The van der Waals surface area contributed by atoms with Gasteiger partial charge in [0.25, 0.3) is 0 Å². The van der Waals surface area contributed by atoms with Crippen LogP contribution in [0.3, 0.4) is 0 Å². The summed E-state index contributed by atoms with van der Waals surface area (Å²) < 4.78 is 48.4. The summed E-state index contributed by atoms with van der Waals surface area (Å²) in [6.45, 7) is 5.96. The third-order valence-corrected chi connectivity index (χ3v) is 3.92. The third-order valence-electron chi connectivity index (χ3n) is 2.83.